The Morgan fingerprint density at radius 2 is 1.94 bits per heavy atom. The largest absolute Gasteiger partial charge is 0.387 e. The Bertz CT molecular complexity index is 191. The molecule has 0 spiro atoms. The van der Waals surface area contributed by atoms with Gasteiger partial charge < -0.3 is 14.6 Å². The molecule has 1 N–H and O–H groups in total. The Hall–Kier alpha value is -0.160. The van der Waals surface area contributed by atoms with E-state index in [1.165, 1.54) is 0 Å². The van der Waals surface area contributed by atoms with E-state index in [1.807, 2.05) is 0 Å². The Morgan fingerprint density at radius 1 is 1.25 bits per heavy atom. The zero-order valence-electron chi connectivity index (χ0n) is 10.7. The highest BCUT2D eigenvalue weighted by atomic mass is 16.5. The highest BCUT2D eigenvalue weighted by Gasteiger charge is 2.42. The van der Waals surface area contributed by atoms with Crippen molar-refractivity contribution in [2.75, 3.05) is 46.6 Å². The summed E-state index contributed by atoms with van der Waals surface area (Å²) in [6, 6.07) is 0. The second-order valence-electron chi connectivity index (χ2n) is 4.93. The summed E-state index contributed by atoms with van der Waals surface area (Å²) < 4.78 is 10.4. The van der Waals surface area contributed by atoms with Crippen molar-refractivity contribution in [3.05, 3.63) is 0 Å². The number of methoxy groups -OCH3 is 1. The van der Waals surface area contributed by atoms with E-state index in [1.54, 1.807) is 7.11 Å². The summed E-state index contributed by atoms with van der Waals surface area (Å²) in [6.45, 7) is 8.89. The fourth-order valence-corrected chi connectivity index (χ4v) is 1.85. The van der Waals surface area contributed by atoms with E-state index >= 15 is 0 Å². The standard InChI is InChI=1S/C12H25NO3/c1-11(2)12(14)9-13(10-12)5-8-16-7-4-6-15-3/h11,14H,4-10H2,1-3H3. The van der Waals surface area contributed by atoms with Gasteiger partial charge in [-0.2, -0.15) is 0 Å². The smallest absolute Gasteiger partial charge is 0.0922 e. The van der Waals surface area contributed by atoms with E-state index in [4.69, 9.17) is 9.47 Å². The van der Waals surface area contributed by atoms with E-state index in [9.17, 15) is 5.11 Å². The maximum atomic E-state index is 10.0. The average Bonchev–Trinajstić information content (AvgIpc) is 2.19. The van der Waals surface area contributed by atoms with Crippen LogP contribution in [0.4, 0.5) is 0 Å². The summed E-state index contributed by atoms with van der Waals surface area (Å²) in [5.41, 5.74) is -0.462. The van der Waals surface area contributed by atoms with Crippen LogP contribution in [0.3, 0.4) is 0 Å². The molecule has 4 heteroatoms. The van der Waals surface area contributed by atoms with Crippen molar-refractivity contribution in [1.82, 2.24) is 4.90 Å². The van der Waals surface area contributed by atoms with Gasteiger partial charge in [0.05, 0.1) is 12.2 Å². The molecule has 0 aromatic carbocycles. The number of hydrogen-bond acceptors (Lipinski definition) is 4. The van der Waals surface area contributed by atoms with Gasteiger partial charge in [-0.15, -0.1) is 0 Å². The molecule has 1 aliphatic rings. The molecule has 0 aromatic rings. The van der Waals surface area contributed by atoms with Crippen molar-refractivity contribution < 1.29 is 14.6 Å². The van der Waals surface area contributed by atoms with Crippen LogP contribution in [0.5, 0.6) is 0 Å². The third-order valence-corrected chi connectivity index (χ3v) is 3.26. The topological polar surface area (TPSA) is 41.9 Å². The molecule has 1 heterocycles. The monoisotopic (exact) mass is 231 g/mol. The van der Waals surface area contributed by atoms with Crippen LogP contribution in [-0.4, -0.2) is 62.2 Å². The number of hydrogen-bond donors (Lipinski definition) is 1. The van der Waals surface area contributed by atoms with E-state index < -0.39 is 5.60 Å². The summed E-state index contributed by atoms with van der Waals surface area (Å²) in [7, 11) is 1.70. The molecule has 0 amide bonds. The van der Waals surface area contributed by atoms with Crippen LogP contribution < -0.4 is 0 Å². The Labute approximate surface area is 98.5 Å². The van der Waals surface area contributed by atoms with E-state index in [0.29, 0.717) is 5.92 Å². The van der Waals surface area contributed by atoms with Gasteiger partial charge in [0.15, 0.2) is 0 Å². The van der Waals surface area contributed by atoms with Crippen molar-refractivity contribution >= 4 is 0 Å². The average molecular weight is 231 g/mol. The quantitative estimate of drug-likeness (QED) is 0.626. The van der Waals surface area contributed by atoms with Gasteiger partial charge in [0.1, 0.15) is 0 Å². The number of likely N-dealkylation sites (tertiary alicyclic amines) is 1. The maximum absolute atomic E-state index is 10.0. The van der Waals surface area contributed by atoms with Gasteiger partial charge in [0.2, 0.25) is 0 Å². The van der Waals surface area contributed by atoms with Gasteiger partial charge in [0, 0.05) is 40.0 Å². The molecule has 0 unspecified atom stereocenters. The Kier molecular flexibility index (Phi) is 5.69. The van der Waals surface area contributed by atoms with Gasteiger partial charge in [-0.05, 0) is 12.3 Å². The van der Waals surface area contributed by atoms with Gasteiger partial charge >= 0.3 is 0 Å². The van der Waals surface area contributed by atoms with Crippen LogP contribution in [0, 0.1) is 5.92 Å². The lowest BCUT2D eigenvalue weighted by Gasteiger charge is -2.49. The van der Waals surface area contributed by atoms with Gasteiger partial charge in [0.25, 0.3) is 0 Å². The molecule has 1 rings (SSSR count). The molecule has 0 saturated carbocycles. The molecule has 1 aliphatic heterocycles. The van der Waals surface area contributed by atoms with Crippen molar-refractivity contribution in [2.45, 2.75) is 25.9 Å². The van der Waals surface area contributed by atoms with Gasteiger partial charge in [-0.25, -0.2) is 0 Å². The highest BCUT2D eigenvalue weighted by Crippen LogP contribution is 2.27. The zero-order chi connectivity index (χ0) is 12.0. The minimum Gasteiger partial charge on any atom is -0.387 e. The summed E-state index contributed by atoms with van der Waals surface area (Å²) in [6.07, 6.45) is 0.951. The van der Waals surface area contributed by atoms with Gasteiger partial charge in [-0.3, -0.25) is 4.90 Å². The predicted molar refractivity (Wildman–Crippen MR) is 63.5 cm³/mol. The molecular weight excluding hydrogens is 206 g/mol. The fourth-order valence-electron chi connectivity index (χ4n) is 1.85. The molecular formula is C12H25NO3. The van der Waals surface area contributed by atoms with E-state index in [2.05, 4.69) is 18.7 Å². The summed E-state index contributed by atoms with van der Waals surface area (Å²) in [4.78, 5) is 2.23. The molecule has 0 radical (unpaired) electrons. The second-order valence-corrected chi connectivity index (χ2v) is 4.93. The van der Waals surface area contributed by atoms with Crippen molar-refractivity contribution in [3.63, 3.8) is 0 Å². The Morgan fingerprint density at radius 3 is 2.50 bits per heavy atom. The SMILES string of the molecule is COCCCOCCN1CC(O)(C(C)C)C1. The molecule has 1 saturated heterocycles. The molecule has 4 nitrogen and oxygen atoms in total. The highest BCUT2D eigenvalue weighted by molar-refractivity contribution is 4.97. The van der Waals surface area contributed by atoms with Crippen molar-refractivity contribution in [2.24, 2.45) is 5.92 Å². The first kappa shape index (κ1) is 13.9. The summed E-state index contributed by atoms with van der Waals surface area (Å²) >= 11 is 0. The van der Waals surface area contributed by atoms with Crippen LogP contribution in [0.15, 0.2) is 0 Å². The van der Waals surface area contributed by atoms with Crippen LogP contribution in [0.25, 0.3) is 0 Å². The molecule has 0 aliphatic carbocycles. The van der Waals surface area contributed by atoms with Crippen molar-refractivity contribution in [3.8, 4) is 0 Å². The fraction of sp³-hybridized carbons (Fsp3) is 1.00. The molecule has 0 aromatic heterocycles. The van der Waals surface area contributed by atoms with Crippen LogP contribution in [-0.2, 0) is 9.47 Å². The molecule has 1 fully saturated rings. The summed E-state index contributed by atoms with van der Waals surface area (Å²) in [5.74, 6) is 0.339. The predicted octanol–water partition coefficient (Wildman–Crippen LogP) is 0.742. The second kappa shape index (κ2) is 6.55. The maximum Gasteiger partial charge on any atom is 0.0922 e. The third-order valence-electron chi connectivity index (χ3n) is 3.26. The minimum absolute atomic E-state index is 0.339. The van der Waals surface area contributed by atoms with Crippen LogP contribution in [0.1, 0.15) is 20.3 Å². The lowest BCUT2D eigenvalue weighted by Crippen LogP contribution is -2.64. The first-order valence-corrected chi connectivity index (χ1v) is 6.10. The first-order chi connectivity index (χ1) is 7.58. The lowest BCUT2D eigenvalue weighted by molar-refractivity contribution is -0.131. The minimum atomic E-state index is -0.462. The number of β-amino-alcohol motifs (C(OH)–C–C–N with tert-alkyl or cyclic N) is 1. The Balaban J connectivity index is 1.93. The number of rotatable bonds is 8. The molecule has 0 atom stereocenters. The number of ether oxygens (including phenoxy) is 2. The van der Waals surface area contributed by atoms with Crippen molar-refractivity contribution in [1.29, 1.82) is 0 Å². The number of nitrogens with zero attached hydrogens (tertiary/aromatic N) is 1. The molecule has 16 heavy (non-hydrogen) atoms. The van der Waals surface area contributed by atoms with Gasteiger partial charge in [-0.1, -0.05) is 13.8 Å². The first-order valence-electron chi connectivity index (χ1n) is 6.10. The van der Waals surface area contributed by atoms with E-state index in [-0.39, 0.29) is 0 Å². The third kappa shape index (κ3) is 4.01. The molecule has 96 valence electrons. The normalized spacial score (nSPS) is 20.1. The zero-order valence-corrected chi connectivity index (χ0v) is 10.7. The molecule has 0 bridgehead atoms. The summed E-state index contributed by atoms with van der Waals surface area (Å²) in [5, 5.41) is 10.0. The van der Waals surface area contributed by atoms with Crippen LogP contribution in [0.2, 0.25) is 0 Å². The van der Waals surface area contributed by atoms with Crippen LogP contribution >= 0.6 is 0 Å². The lowest BCUT2D eigenvalue weighted by atomic mass is 9.83. The number of aliphatic hydroxyl groups is 1. The van der Waals surface area contributed by atoms with E-state index in [0.717, 1.165) is 45.9 Å².